The van der Waals surface area contributed by atoms with Crippen molar-refractivity contribution in [3.8, 4) is 0 Å². The third kappa shape index (κ3) is 3.53. The monoisotopic (exact) mass is 263 g/mol. The number of methoxy groups -OCH3 is 1. The molecule has 0 bridgehead atoms. The van der Waals surface area contributed by atoms with Gasteiger partial charge in [-0.1, -0.05) is 0 Å². The largest absolute Gasteiger partial charge is 0.392 e. The third-order valence-corrected chi connectivity index (χ3v) is 2.98. The van der Waals surface area contributed by atoms with E-state index in [0.717, 1.165) is 24.1 Å². The minimum atomic E-state index is -0.382. The zero-order valence-corrected chi connectivity index (χ0v) is 11.5. The van der Waals surface area contributed by atoms with E-state index in [1.807, 2.05) is 10.6 Å². The molecule has 0 amide bonds. The normalized spacial score (nSPS) is 13.0. The molecule has 1 atom stereocenters. The molecule has 2 aromatic heterocycles. The van der Waals surface area contributed by atoms with Crippen LogP contribution in [-0.2, 0) is 17.8 Å². The first-order valence-electron chi connectivity index (χ1n) is 6.53. The zero-order valence-electron chi connectivity index (χ0n) is 11.5. The standard InChI is InChI=1S/C14H21N3O2/c1-11(18)9-17-10-12(8-15-6-7-19-2)13-4-3-5-16-14(13)17/h3-5,10-11,15,18H,6-9H2,1-2H3. The molecule has 0 fully saturated rings. The van der Waals surface area contributed by atoms with Gasteiger partial charge in [0.25, 0.3) is 0 Å². The summed E-state index contributed by atoms with van der Waals surface area (Å²) in [5.74, 6) is 0. The number of nitrogens with zero attached hydrogens (tertiary/aromatic N) is 2. The molecule has 0 aromatic carbocycles. The predicted molar refractivity (Wildman–Crippen MR) is 75.0 cm³/mol. The molecule has 0 radical (unpaired) electrons. The Labute approximate surface area is 113 Å². The van der Waals surface area contributed by atoms with Crippen molar-refractivity contribution in [2.45, 2.75) is 26.1 Å². The van der Waals surface area contributed by atoms with Crippen molar-refractivity contribution >= 4 is 11.0 Å². The van der Waals surface area contributed by atoms with Gasteiger partial charge in [-0.25, -0.2) is 4.98 Å². The van der Waals surface area contributed by atoms with Gasteiger partial charge in [-0.15, -0.1) is 0 Å². The van der Waals surface area contributed by atoms with Crippen LogP contribution >= 0.6 is 0 Å². The highest BCUT2D eigenvalue weighted by atomic mass is 16.5. The summed E-state index contributed by atoms with van der Waals surface area (Å²) >= 11 is 0. The van der Waals surface area contributed by atoms with E-state index >= 15 is 0 Å². The van der Waals surface area contributed by atoms with E-state index in [1.54, 1.807) is 20.2 Å². The van der Waals surface area contributed by atoms with Gasteiger partial charge in [0.1, 0.15) is 5.65 Å². The van der Waals surface area contributed by atoms with Crippen molar-refractivity contribution in [1.82, 2.24) is 14.9 Å². The molecule has 0 spiro atoms. The van der Waals surface area contributed by atoms with E-state index in [0.29, 0.717) is 13.2 Å². The summed E-state index contributed by atoms with van der Waals surface area (Å²) in [6, 6.07) is 4.00. The van der Waals surface area contributed by atoms with Crippen LogP contribution in [-0.4, -0.2) is 41.0 Å². The lowest BCUT2D eigenvalue weighted by Crippen LogP contribution is -2.18. The fourth-order valence-electron chi connectivity index (χ4n) is 2.16. The molecule has 0 aliphatic heterocycles. The second kappa shape index (κ2) is 6.65. The van der Waals surface area contributed by atoms with Crippen LogP contribution in [0.3, 0.4) is 0 Å². The average Bonchev–Trinajstić information content (AvgIpc) is 2.73. The third-order valence-electron chi connectivity index (χ3n) is 2.98. The van der Waals surface area contributed by atoms with Crippen molar-refractivity contribution in [2.75, 3.05) is 20.3 Å². The van der Waals surface area contributed by atoms with Gasteiger partial charge >= 0.3 is 0 Å². The van der Waals surface area contributed by atoms with Crippen LogP contribution in [0.5, 0.6) is 0 Å². The molecule has 0 aliphatic rings. The Bertz CT molecular complexity index is 522. The maximum atomic E-state index is 9.54. The molecule has 2 heterocycles. The number of aromatic nitrogens is 2. The SMILES string of the molecule is COCCNCc1cn(CC(C)O)c2ncccc12. The van der Waals surface area contributed by atoms with Gasteiger partial charge in [0, 0.05) is 44.5 Å². The molecular formula is C14H21N3O2. The second-order valence-electron chi connectivity index (χ2n) is 4.70. The first kappa shape index (κ1) is 14.0. The first-order valence-corrected chi connectivity index (χ1v) is 6.53. The summed E-state index contributed by atoms with van der Waals surface area (Å²) in [5, 5.41) is 14.0. The molecule has 1 unspecified atom stereocenters. The fourth-order valence-corrected chi connectivity index (χ4v) is 2.16. The van der Waals surface area contributed by atoms with E-state index in [1.165, 1.54) is 5.56 Å². The van der Waals surface area contributed by atoms with Crippen LogP contribution < -0.4 is 5.32 Å². The first-order chi connectivity index (χ1) is 9.22. The van der Waals surface area contributed by atoms with Crippen molar-refractivity contribution in [3.63, 3.8) is 0 Å². The predicted octanol–water partition coefficient (Wildman–Crippen LogP) is 1.15. The summed E-state index contributed by atoms with van der Waals surface area (Å²) in [4.78, 5) is 4.40. The molecule has 19 heavy (non-hydrogen) atoms. The van der Waals surface area contributed by atoms with E-state index in [2.05, 4.69) is 22.6 Å². The van der Waals surface area contributed by atoms with Crippen LogP contribution in [0.1, 0.15) is 12.5 Å². The van der Waals surface area contributed by atoms with Gasteiger partial charge < -0.3 is 19.7 Å². The number of pyridine rings is 1. The lowest BCUT2D eigenvalue weighted by atomic mass is 10.2. The summed E-state index contributed by atoms with van der Waals surface area (Å²) in [6.07, 6.45) is 3.46. The van der Waals surface area contributed by atoms with Crippen molar-refractivity contribution < 1.29 is 9.84 Å². The highest BCUT2D eigenvalue weighted by molar-refractivity contribution is 5.80. The Morgan fingerprint density at radius 2 is 2.37 bits per heavy atom. The molecule has 5 heteroatoms. The quantitative estimate of drug-likeness (QED) is 0.736. The molecule has 0 saturated carbocycles. The van der Waals surface area contributed by atoms with E-state index in [-0.39, 0.29) is 6.10 Å². The van der Waals surface area contributed by atoms with Gasteiger partial charge in [-0.05, 0) is 24.6 Å². The number of ether oxygens (including phenoxy) is 1. The van der Waals surface area contributed by atoms with Gasteiger partial charge in [0.2, 0.25) is 0 Å². The topological polar surface area (TPSA) is 59.3 Å². The summed E-state index contributed by atoms with van der Waals surface area (Å²) < 4.78 is 7.02. The number of aliphatic hydroxyl groups is 1. The number of rotatable bonds is 7. The van der Waals surface area contributed by atoms with Gasteiger partial charge in [-0.3, -0.25) is 0 Å². The molecule has 104 valence electrons. The zero-order chi connectivity index (χ0) is 13.7. The van der Waals surface area contributed by atoms with E-state index in [9.17, 15) is 5.11 Å². The molecule has 2 rings (SSSR count). The summed E-state index contributed by atoms with van der Waals surface area (Å²) in [6.45, 7) is 4.64. The highest BCUT2D eigenvalue weighted by Gasteiger charge is 2.10. The Kier molecular flexibility index (Phi) is 4.90. The van der Waals surface area contributed by atoms with Gasteiger partial charge in [-0.2, -0.15) is 0 Å². The lowest BCUT2D eigenvalue weighted by Gasteiger charge is -2.06. The van der Waals surface area contributed by atoms with Crippen molar-refractivity contribution in [3.05, 3.63) is 30.1 Å². The van der Waals surface area contributed by atoms with Crippen molar-refractivity contribution in [1.29, 1.82) is 0 Å². The van der Waals surface area contributed by atoms with Gasteiger partial charge in [0.15, 0.2) is 0 Å². The lowest BCUT2D eigenvalue weighted by molar-refractivity contribution is 0.175. The van der Waals surface area contributed by atoms with Crippen molar-refractivity contribution in [2.24, 2.45) is 0 Å². The van der Waals surface area contributed by atoms with Crippen LogP contribution in [0.15, 0.2) is 24.5 Å². The minimum Gasteiger partial charge on any atom is -0.392 e. The molecule has 2 N–H and O–H groups in total. The Balaban J connectivity index is 2.18. The second-order valence-corrected chi connectivity index (χ2v) is 4.70. The molecular weight excluding hydrogens is 242 g/mol. The number of hydrogen-bond donors (Lipinski definition) is 2. The highest BCUT2D eigenvalue weighted by Crippen LogP contribution is 2.19. The average molecular weight is 263 g/mol. The van der Waals surface area contributed by atoms with Crippen LogP contribution in [0.4, 0.5) is 0 Å². The maximum absolute atomic E-state index is 9.54. The maximum Gasteiger partial charge on any atom is 0.140 e. The molecule has 0 aliphatic carbocycles. The Morgan fingerprint density at radius 3 is 3.11 bits per heavy atom. The van der Waals surface area contributed by atoms with Gasteiger partial charge in [0.05, 0.1) is 12.7 Å². The Hall–Kier alpha value is -1.43. The number of hydrogen-bond acceptors (Lipinski definition) is 4. The smallest absolute Gasteiger partial charge is 0.140 e. The van der Waals surface area contributed by atoms with Crippen LogP contribution in [0.25, 0.3) is 11.0 Å². The van der Waals surface area contributed by atoms with E-state index in [4.69, 9.17) is 4.74 Å². The summed E-state index contributed by atoms with van der Waals surface area (Å²) in [5.41, 5.74) is 2.12. The number of nitrogens with one attached hydrogen (secondary N) is 1. The van der Waals surface area contributed by atoms with E-state index < -0.39 is 0 Å². The number of fused-ring (bicyclic) bond motifs is 1. The fraction of sp³-hybridized carbons (Fsp3) is 0.500. The summed E-state index contributed by atoms with van der Waals surface area (Å²) in [7, 11) is 1.69. The Morgan fingerprint density at radius 1 is 1.53 bits per heavy atom. The minimum absolute atomic E-state index is 0.382. The molecule has 0 saturated heterocycles. The molecule has 2 aromatic rings. The van der Waals surface area contributed by atoms with Crippen LogP contribution in [0, 0.1) is 0 Å². The number of aliphatic hydroxyl groups excluding tert-OH is 1. The molecule has 5 nitrogen and oxygen atoms in total. The van der Waals surface area contributed by atoms with Crippen LogP contribution in [0.2, 0.25) is 0 Å².